The molecule has 1 heterocycles. The van der Waals surface area contributed by atoms with Gasteiger partial charge >= 0.3 is 0 Å². The topological polar surface area (TPSA) is 89.1 Å². The molecule has 1 aliphatic rings. The zero-order valence-corrected chi connectivity index (χ0v) is 21.5. The Bertz CT molecular complexity index is 981. The molecule has 2 aromatic carbocycles. The molecule has 0 spiro atoms. The molecule has 0 aromatic heterocycles. The van der Waals surface area contributed by atoms with E-state index in [1.54, 1.807) is 18.1 Å². The van der Waals surface area contributed by atoms with Crippen molar-refractivity contribution < 1.29 is 23.8 Å². The molecule has 0 atom stereocenters. The summed E-state index contributed by atoms with van der Waals surface area (Å²) >= 11 is 0. The first-order chi connectivity index (χ1) is 17.6. The second-order valence-corrected chi connectivity index (χ2v) is 8.94. The van der Waals surface area contributed by atoms with Gasteiger partial charge in [0.1, 0.15) is 19.0 Å². The molecular weight excluding hydrogens is 458 g/mol. The molecule has 0 saturated carbocycles. The summed E-state index contributed by atoms with van der Waals surface area (Å²) in [5.41, 5.74) is 3.28. The minimum absolute atomic E-state index is 0.0311. The largest absolute Gasteiger partial charge is 0.491 e. The Morgan fingerprint density at radius 1 is 0.972 bits per heavy atom. The fourth-order valence-electron chi connectivity index (χ4n) is 4.26. The molecule has 8 nitrogen and oxygen atoms in total. The quantitative estimate of drug-likeness (QED) is 0.514. The van der Waals surface area contributed by atoms with E-state index in [-0.39, 0.29) is 18.4 Å². The second-order valence-electron chi connectivity index (χ2n) is 8.94. The summed E-state index contributed by atoms with van der Waals surface area (Å²) in [5.74, 6) is 0.510. The molecule has 0 radical (unpaired) electrons. The van der Waals surface area contributed by atoms with Gasteiger partial charge in [-0.05, 0) is 60.8 Å². The highest BCUT2D eigenvalue weighted by Gasteiger charge is 2.20. The summed E-state index contributed by atoms with van der Waals surface area (Å²) in [6.45, 7) is 3.54. The van der Waals surface area contributed by atoms with Gasteiger partial charge in [0.2, 0.25) is 0 Å². The zero-order chi connectivity index (χ0) is 25.6. The Hall–Kier alpha value is -2.94. The van der Waals surface area contributed by atoms with Crippen LogP contribution in [-0.2, 0) is 27.4 Å². The van der Waals surface area contributed by atoms with Gasteiger partial charge in [0.05, 0.1) is 6.61 Å². The Balaban J connectivity index is 1.73. The molecule has 2 amide bonds. The average molecular weight is 498 g/mol. The number of ether oxygens (including phenoxy) is 3. The van der Waals surface area contributed by atoms with Crippen molar-refractivity contribution in [1.82, 2.24) is 10.6 Å². The van der Waals surface area contributed by atoms with Crippen molar-refractivity contribution in [2.75, 3.05) is 52.0 Å². The fraction of sp³-hybridized carbons (Fsp3) is 0.500. The van der Waals surface area contributed by atoms with Crippen LogP contribution in [0, 0.1) is 0 Å². The molecule has 0 saturated heterocycles. The lowest BCUT2D eigenvalue weighted by Crippen LogP contribution is -2.36. The Kier molecular flexibility index (Phi) is 11.7. The highest BCUT2D eigenvalue weighted by Crippen LogP contribution is 2.24. The Labute approximate surface area is 214 Å². The van der Waals surface area contributed by atoms with Crippen molar-refractivity contribution >= 4 is 17.5 Å². The number of hydrogen-bond donors (Lipinski definition) is 2. The van der Waals surface area contributed by atoms with Crippen molar-refractivity contribution in [2.45, 2.75) is 45.2 Å². The van der Waals surface area contributed by atoms with Crippen LogP contribution in [0.2, 0.25) is 0 Å². The molecule has 196 valence electrons. The molecule has 0 bridgehead atoms. The van der Waals surface area contributed by atoms with E-state index < -0.39 is 0 Å². The Morgan fingerprint density at radius 2 is 1.81 bits per heavy atom. The number of hydrogen-bond acceptors (Lipinski definition) is 6. The zero-order valence-electron chi connectivity index (χ0n) is 21.5. The van der Waals surface area contributed by atoms with Crippen molar-refractivity contribution in [3.63, 3.8) is 0 Å². The van der Waals surface area contributed by atoms with Crippen molar-refractivity contribution in [2.24, 2.45) is 0 Å². The highest BCUT2D eigenvalue weighted by atomic mass is 16.5. The molecule has 8 heteroatoms. The number of methoxy groups -OCH3 is 2. The summed E-state index contributed by atoms with van der Waals surface area (Å²) in [7, 11) is 3.17. The first kappa shape index (κ1) is 27.6. The molecular formula is C28H39N3O5. The lowest BCUT2D eigenvalue weighted by atomic mass is 10.0. The number of carbonyl (C=O) groups is 2. The van der Waals surface area contributed by atoms with E-state index in [0.717, 1.165) is 48.4 Å². The average Bonchev–Trinajstić information content (AvgIpc) is 2.88. The van der Waals surface area contributed by atoms with Crippen LogP contribution in [0.3, 0.4) is 0 Å². The van der Waals surface area contributed by atoms with Gasteiger partial charge in [0, 0.05) is 45.1 Å². The van der Waals surface area contributed by atoms with Crippen LogP contribution in [-0.4, -0.2) is 58.9 Å². The van der Waals surface area contributed by atoms with E-state index in [4.69, 9.17) is 14.2 Å². The highest BCUT2D eigenvalue weighted by molar-refractivity contribution is 5.98. The summed E-state index contributed by atoms with van der Waals surface area (Å²) in [4.78, 5) is 27.7. The summed E-state index contributed by atoms with van der Waals surface area (Å²) < 4.78 is 15.8. The van der Waals surface area contributed by atoms with E-state index in [0.29, 0.717) is 38.4 Å². The molecule has 0 unspecified atom stereocenters. The van der Waals surface area contributed by atoms with Gasteiger partial charge in [0.25, 0.3) is 11.8 Å². The molecule has 2 N–H and O–H groups in total. The predicted molar refractivity (Wildman–Crippen MR) is 140 cm³/mol. The van der Waals surface area contributed by atoms with Crippen LogP contribution in [0.1, 0.15) is 53.6 Å². The predicted octanol–water partition coefficient (Wildman–Crippen LogP) is 3.67. The van der Waals surface area contributed by atoms with Gasteiger partial charge in [0.15, 0.2) is 0 Å². The van der Waals surface area contributed by atoms with E-state index >= 15 is 0 Å². The molecule has 0 aliphatic carbocycles. The van der Waals surface area contributed by atoms with Crippen LogP contribution >= 0.6 is 0 Å². The number of nitrogens with zero attached hydrogens (tertiary/aromatic N) is 1. The van der Waals surface area contributed by atoms with Crippen molar-refractivity contribution in [3.05, 3.63) is 59.2 Å². The number of rotatable bonds is 9. The lowest BCUT2D eigenvalue weighted by molar-refractivity contribution is -0.122. The van der Waals surface area contributed by atoms with Crippen molar-refractivity contribution in [1.29, 1.82) is 0 Å². The van der Waals surface area contributed by atoms with Crippen LogP contribution in [0.15, 0.2) is 42.5 Å². The van der Waals surface area contributed by atoms with Gasteiger partial charge in [-0.25, -0.2) is 0 Å². The number of amides is 2. The number of fused-ring (bicyclic) bond motifs is 1. The normalized spacial score (nSPS) is 14.8. The van der Waals surface area contributed by atoms with E-state index in [2.05, 4.69) is 10.6 Å². The summed E-state index contributed by atoms with van der Waals surface area (Å²) in [5, 5.41) is 6.48. The van der Waals surface area contributed by atoms with E-state index in [1.165, 1.54) is 20.0 Å². The third kappa shape index (κ3) is 8.62. The van der Waals surface area contributed by atoms with Crippen LogP contribution < -0.4 is 20.3 Å². The van der Waals surface area contributed by atoms with E-state index in [1.807, 2.05) is 36.4 Å². The molecule has 0 fully saturated rings. The third-order valence-electron chi connectivity index (χ3n) is 6.16. The van der Waals surface area contributed by atoms with Gasteiger partial charge < -0.3 is 29.7 Å². The van der Waals surface area contributed by atoms with E-state index in [9.17, 15) is 9.59 Å². The Morgan fingerprint density at radius 3 is 2.64 bits per heavy atom. The van der Waals surface area contributed by atoms with Gasteiger partial charge in [-0.1, -0.05) is 31.4 Å². The molecule has 3 rings (SSSR count). The summed E-state index contributed by atoms with van der Waals surface area (Å²) in [6.07, 6.45) is 5.50. The summed E-state index contributed by atoms with van der Waals surface area (Å²) in [6, 6.07) is 13.2. The third-order valence-corrected chi connectivity index (χ3v) is 6.16. The number of nitrogens with one attached hydrogen (secondary N) is 2. The fourth-order valence-corrected chi connectivity index (χ4v) is 4.26. The maximum atomic E-state index is 13.0. The standard InChI is InChI=1S/C28H39N3O5/c1-34-15-16-36-25-10-8-9-22(17-25)19-30-28(33)23-11-12-26-24(18-23)20-29-13-6-4-3-5-7-14-31(26)27(32)21-35-2/h8-12,17-18,29H,3-7,13-16,19-21H2,1-2H3,(H,30,33). The molecule has 2 aromatic rings. The van der Waals surface area contributed by atoms with Crippen molar-refractivity contribution in [3.8, 4) is 5.75 Å². The maximum absolute atomic E-state index is 13.0. The second kappa shape index (κ2) is 15.2. The first-order valence-corrected chi connectivity index (χ1v) is 12.7. The minimum atomic E-state index is -0.163. The van der Waals surface area contributed by atoms with Crippen LogP contribution in [0.4, 0.5) is 5.69 Å². The van der Waals surface area contributed by atoms with Gasteiger partial charge in [-0.3, -0.25) is 9.59 Å². The first-order valence-electron chi connectivity index (χ1n) is 12.7. The SMILES string of the molecule is COCCOc1cccc(CNC(=O)c2ccc3c(c2)CNCCCCCCCN3C(=O)COC)c1. The number of benzene rings is 2. The van der Waals surface area contributed by atoms with Gasteiger partial charge in [-0.2, -0.15) is 0 Å². The molecule has 36 heavy (non-hydrogen) atoms. The molecule has 1 aliphatic heterocycles. The van der Waals surface area contributed by atoms with Gasteiger partial charge in [-0.15, -0.1) is 0 Å². The van der Waals surface area contributed by atoms with Crippen LogP contribution in [0.5, 0.6) is 5.75 Å². The number of anilines is 1. The lowest BCUT2D eigenvalue weighted by Gasteiger charge is -2.26. The minimum Gasteiger partial charge on any atom is -0.491 e. The van der Waals surface area contributed by atoms with Crippen LogP contribution in [0.25, 0.3) is 0 Å². The smallest absolute Gasteiger partial charge is 0.252 e. The maximum Gasteiger partial charge on any atom is 0.252 e. The monoisotopic (exact) mass is 497 g/mol. The number of carbonyl (C=O) groups excluding carboxylic acids is 2.